The first-order chi connectivity index (χ1) is 21.6. The highest BCUT2D eigenvalue weighted by molar-refractivity contribution is 5.85. The number of nitrogens with zero attached hydrogens (tertiary/aromatic N) is 7. The molecule has 8 heterocycles. The Hall–Kier alpha value is -4.17. The van der Waals surface area contributed by atoms with Crippen LogP contribution in [-0.4, -0.2) is 88.7 Å². The van der Waals surface area contributed by atoms with Gasteiger partial charge in [0.15, 0.2) is 0 Å². The number of likely N-dealkylation sites (tertiary alicyclic amines) is 1. The molecule has 4 aromatic rings. The lowest BCUT2D eigenvalue weighted by molar-refractivity contribution is -0.0353. The van der Waals surface area contributed by atoms with Crippen molar-refractivity contribution in [1.29, 1.82) is 5.26 Å². The predicted octanol–water partition coefficient (Wildman–Crippen LogP) is 4.33. The fraction of sp³-hybridized carbons (Fsp3) is 0.441. The summed E-state index contributed by atoms with van der Waals surface area (Å²) in [6.07, 6.45) is 10.7. The van der Waals surface area contributed by atoms with E-state index in [0.29, 0.717) is 30.4 Å². The minimum atomic E-state index is 0.228. The number of fused-ring (bicyclic) bond motifs is 5. The van der Waals surface area contributed by atoms with E-state index < -0.39 is 0 Å². The molecule has 4 unspecified atom stereocenters. The van der Waals surface area contributed by atoms with Crippen LogP contribution < -0.4 is 14.4 Å². The molecule has 5 fully saturated rings. The van der Waals surface area contributed by atoms with Crippen LogP contribution >= 0.6 is 0 Å². The third-order valence-electron chi connectivity index (χ3n) is 9.78. The van der Waals surface area contributed by atoms with Crippen molar-refractivity contribution < 1.29 is 14.2 Å². The van der Waals surface area contributed by atoms with Crippen LogP contribution in [0.3, 0.4) is 0 Å². The Kier molecular flexibility index (Phi) is 7.09. The Balaban J connectivity index is 0.959. The lowest BCUT2D eigenvalue weighted by Crippen LogP contribution is -2.68. The molecule has 10 nitrogen and oxygen atoms in total. The zero-order valence-electron chi connectivity index (χ0n) is 25.0. The van der Waals surface area contributed by atoms with Crippen LogP contribution in [0.15, 0.2) is 61.1 Å². The number of pyridine rings is 2. The number of hydrogen-bond acceptors (Lipinski definition) is 9. The quantitative estimate of drug-likeness (QED) is 0.282. The van der Waals surface area contributed by atoms with E-state index in [2.05, 4.69) is 50.1 Å². The van der Waals surface area contributed by atoms with Gasteiger partial charge in [0.05, 0.1) is 36.7 Å². The Labute approximate surface area is 257 Å². The molecule has 0 amide bonds. The number of piperidine rings is 1. The average Bonchev–Trinajstić information content (AvgIpc) is 3.62. The summed E-state index contributed by atoms with van der Waals surface area (Å²) in [7, 11) is 1.70. The molecule has 0 saturated carbocycles. The van der Waals surface area contributed by atoms with Gasteiger partial charge >= 0.3 is 0 Å². The summed E-state index contributed by atoms with van der Waals surface area (Å²) in [6, 6.07) is 18.0. The number of anilines is 1. The summed E-state index contributed by atoms with van der Waals surface area (Å²) in [5.74, 6) is 2.61. The van der Waals surface area contributed by atoms with E-state index >= 15 is 0 Å². The maximum Gasteiger partial charge on any atom is 0.138 e. The van der Waals surface area contributed by atoms with Crippen LogP contribution in [0.5, 0.6) is 11.5 Å². The number of ether oxygens (including phenoxy) is 3. The van der Waals surface area contributed by atoms with Crippen molar-refractivity contribution >= 4 is 11.3 Å². The maximum atomic E-state index is 9.80. The molecular weight excluding hydrogens is 554 g/mol. The largest absolute Gasteiger partial charge is 0.497 e. The second-order valence-corrected chi connectivity index (χ2v) is 12.4. The first kappa shape index (κ1) is 27.4. The van der Waals surface area contributed by atoms with E-state index in [1.807, 2.05) is 30.6 Å². The predicted molar refractivity (Wildman–Crippen MR) is 166 cm³/mol. The van der Waals surface area contributed by atoms with Gasteiger partial charge in [0.1, 0.15) is 36.2 Å². The third kappa shape index (κ3) is 5.05. The fourth-order valence-electron chi connectivity index (χ4n) is 7.46. The van der Waals surface area contributed by atoms with Crippen LogP contribution in [0.25, 0.3) is 16.6 Å². The molecule has 44 heavy (non-hydrogen) atoms. The Morgan fingerprint density at radius 1 is 1.02 bits per heavy atom. The van der Waals surface area contributed by atoms with E-state index in [0.717, 1.165) is 79.5 Å². The summed E-state index contributed by atoms with van der Waals surface area (Å²) in [6.45, 7) is 5.28. The summed E-state index contributed by atoms with van der Waals surface area (Å²) in [4.78, 5) is 12.3. The second-order valence-electron chi connectivity index (χ2n) is 12.4. The SMILES string of the molecule is COc1ccc(CN2C3CC2CN(c2ccc(-c4cc(OCCN5CC6CCCC5O6)cn5ncc(C#N)c45)cn2)C3)cc1. The summed E-state index contributed by atoms with van der Waals surface area (Å²) < 4.78 is 19.4. The van der Waals surface area contributed by atoms with E-state index in [1.165, 1.54) is 18.4 Å². The number of aromatic nitrogens is 3. The molecule has 0 radical (unpaired) electrons. The van der Waals surface area contributed by atoms with Crippen molar-refractivity contribution in [2.45, 2.75) is 56.6 Å². The highest BCUT2D eigenvalue weighted by atomic mass is 16.5. The average molecular weight is 592 g/mol. The van der Waals surface area contributed by atoms with Crippen LogP contribution in [0.4, 0.5) is 5.82 Å². The van der Waals surface area contributed by atoms with Gasteiger partial charge in [-0.3, -0.25) is 9.80 Å². The van der Waals surface area contributed by atoms with E-state index in [4.69, 9.17) is 19.2 Å². The first-order valence-corrected chi connectivity index (χ1v) is 15.7. The molecule has 5 aliphatic heterocycles. The molecule has 9 rings (SSSR count). The highest BCUT2D eigenvalue weighted by Crippen LogP contribution is 2.37. The molecule has 5 saturated heterocycles. The monoisotopic (exact) mass is 591 g/mol. The van der Waals surface area contributed by atoms with Gasteiger partial charge in [-0.25, -0.2) is 9.50 Å². The van der Waals surface area contributed by atoms with Gasteiger partial charge in [-0.15, -0.1) is 0 Å². The van der Waals surface area contributed by atoms with Gasteiger partial charge < -0.3 is 19.1 Å². The molecule has 4 atom stereocenters. The molecule has 0 aliphatic carbocycles. The zero-order valence-corrected chi connectivity index (χ0v) is 25.0. The summed E-state index contributed by atoms with van der Waals surface area (Å²) in [5, 5.41) is 14.3. The molecule has 226 valence electrons. The van der Waals surface area contributed by atoms with Gasteiger partial charge in [0.25, 0.3) is 0 Å². The minimum Gasteiger partial charge on any atom is -0.497 e. The topological polar surface area (TPSA) is 91.4 Å². The zero-order chi connectivity index (χ0) is 29.6. The molecule has 1 aromatic carbocycles. The maximum absolute atomic E-state index is 9.80. The van der Waals surface area contributed by atoms with Crippen molar-refractivity contribution in [3.63, 3.8) is 0 Å². The Bertz CT molecular complexity index is 1670. The van der Waals surface area contributed by atoms with Crippen LogP contribution in [-0.2, 0) is 11.3 Å². The van der Waals surface area contributed by atoms with Crippen molar-refractivity contribution in [2.75, 3.05) is 44.8 Å². The van der Waals surface area contributed by atoms with E-state index in [1.54, 1.807) is 17.8 Å². The van der Waals surface area contributed by atoms with Crippen molar-refractivity contribution in [2.24, 2.45) is 0 Å². The number of methoxy groups -OCH3 is 1. The van der Waals surface area contributed by atoms with Crippen molar-refractivity contribution in [1.82, 2.24) is 24.4 Å². The van der Waals surface area contributed by atoms with Crippen LogP contribution in [0.1, 0.15) is 36.8 Å². The highest BCUT2D eigenvalue weighted by Gasteiger charge is 2.44. The number of piperazine rings is 1. The van der Waals surface area contributed by atoms with Gasteiger partial charge in [-0.05, 0) is 61.6 Å². The summed E-state index contributed by atoms with van der Waals surface area (Å²) >= 11 is 0. The normalized spacial score (nSPS) is 24.7. The van der Waals surface area contributed by atoms with Crippen molar-refractivity contribution in [3.05, 3.63) is 72.2 Å². The van der Waals surface area contributed by atoms with E-state index in [9.17, 15) is 5.26 Å². The number of nitriles is 1. The molecule has 4 bridgehead atoms. The number of benzene rings is 1. The second kappa shape index (κ2) is 11.4. The van der Waals surface area contributed by atoms with Gasteiger partial charge in [-0.1, -0.05) is 12.1 Å². The van der Waals surface area contributed by atoms with E-state index in [-0.39, 0.29) is 6.23 Å². The summed E-state index contributed by atoms with van der Waals surface area (Å²) in [5.41, 5.74) is 4.45. The minimum absolute atomic E-state index is 0.228. The first-order valence-electron chi connectivity index (χ1n) is 15.7. The fourth-order valence-corrected chi connectivity index (χ4v) is 7.46. The van der Waals surface area contributed by atoms with Crippen LogP contribution in [0.2, 0.25) is 0 Å². The lowest BCUT2D eigenvalue weighted by atomic mass is 9.86. The molecule has 0 N–H and O–H groups in total. The Morgan fingerprint density at radius 3 is 2.64 bits per heavy atom. The smallest absolute Gasteiger partial charge is 0.138 e. The third-order valence-corrected chi connectivity index (χ3v) is 9.78. The van der Waals surface area contributed by atoms with Gasteiger partial charge in [0.2, 0.25) is 0 Å². The molecule has 3 aromatic heterocycles. The van der Waals surface area contributed by atoms with Gasteiger partial charge in [-0.2, -0.15) is 10.4 Å². The van der Waals surface area contributed by atoms with Gasteiger partial charge in [0, 0.05) is 62.1 Å². The number of hydrogen-bond donors (Lipinski definition) is 0. The molecule has 5 aliphatic rings. The Morgan fingerprint density at radius 2 is 1.89 bits per heavy atom. The molecular formula is C34H37N7O3. The number of rotatable bonds is 9. The molecule has 10 heteroatoms. The lowest BCUT2D eigenvalue weighted by Gasteiger charge is -2.56. The molecule has 0 spiro atoms. The van der Waals surface area contributed by atoms with Crippen LogP contribution in [0, 0.1) is 11.3 Å². The standard InChI is InChI=1S/C34H37N7O3/c1-42-28-8-5-23(6-9-28)18-40-26-13-27(40)20-39(19-26)32-10-7-24(16-36-32)31-14-30(22-41-34(31)25(15-35)17-37-41)43-12-11-38-21-29-3-2-4-33(38)44-29/h5-10,14,16-17,22,26-27,29,33H,2-4,11-13,18-21H2,1H3. The van der Waals surface area contributed by atoms with Crippen molar-refractivity contribution in [3.8, 4) is 28.7 Å².